The molecule has 3 aromatic rings. The SMILES string of the molecule is CCC(C)n1nnc(C(C(=O)Nc2ccc(-c3c(C)nn(COCC[Si](C)(C)C)c3C)c(F)n2)C(C2CCCCC2)C2CCCCC2)c1C(N)=O. The average molecular weight is 723 g/mol. The number of pyridine rings is 1. The second kappa shape index (κ2) is 16.9. The average Bonchev–Trinajstić information content (AvgIpc) is 3.66. The highest BCUT2D eigenvalue weighted by Crippen LogP contribution is 2.47. The third kappa shape index (κ3) is 9.14. The number of nitrogens with zero attached hydrogens (tertiary/aromatic N) is 6. The molecule has 5 rings (SSSR count). The molecular formula is C38H59FN8O3Si. The molecule has 0 saturated heterocycles. The molecule has 51 heavy (non-hydrogen) atoms. The van der Waals surface area contributed by atoms with Crippen molar-refractivity contribution in [3.05, 3.63) is 40.9 Å². The second-order valence-electron chi connectivity index (χ2n) is 16.2. The van der Waals surface area contributed by atoms with Crippen LogP contribution in [0.4, 0.5) is 10.2 Å². The molecule has 0 bridgehead atoms. The van der Waals surface area contributed by atoms with E-state index >= 15 is 4.39 Å². The molecule has 3 heterocycles. The number of hydrogen-bond acceptors (Lipinski definition) is 7. The molecular weight excluding hydrogens is 664 g/mol. The molecule has 13 heteroatoms. The zero-order valence-corrected chi connectivity index (χ0v) is 32.8. The number of carbonyl (C=O) groups excluding carboxylic acids is 2. The maximum atomic E-state index is 15.9. The van der Waals surface area contributed by atoms with Crippen LogP contribution in [0.5, 0.6) is 0 Å². The molecule has 0 spiro atoms. The Morgan fingerprint density at radius 3 is 2.22 bits per heavy atom. The van der Waals surface area contributed by atoms with E-state index in [0.29, 0.717) is 54.1 Å². The maximum Gasteiger partial charge on any atom is 0.268 e. The van der Waals surface area contributed by atoms with E-state index in [1.807, 2.05) is 27.7 Å². The summed E-state index contributed by atoms with van der Waals surface area (Å²) in [7, 11) is -1.23. The number of hydrogen-bond donors (Lipinski definition) is 2. The minimum atomic E-state index is -1.23. The highest BCUT2D eigenvalue weighted by Gasteiger charge is 2.44. The van der Waals surface area contributed by atoms with Crippen molar-refractivity contribution in [1.29, 1.82) is 0 Å². The van der Waals surface area contributed by atoms with Gasteiger partial charge in [-0.3, -0.25) is 9.59 Å². The highest BCUT2D eigenvalue weighted by molar-refractivity contribution is 6.76. The second-order valence-corrected chi connectivity index (χ2v) is 21.8. The van der Waals surface area contributed by atoms with Crippen molar-refractivity contribution in [2.75, 3.05) is 11.9 Å². The quantitative estimate of drug-likeness (QED) is 0.0915. The van der Waals surface area contributed by atoms with Gasteiger partial charge in [0.1, 0.15) is 18.2 Å². The molecule has 2 fully saturated rings. The minimum absolute atomic E-state index is 0.0565. The summed E-state index contributed by atoms with van der Waals surface area (Å²) in [5.41, 5.74) is 8.95. The summed E-state index contributed by atoms with van der Waals surface area (Å²) in [5.74, 6) is -1.87. The van der Waals surface area contributed by atoms with Gasteiger partial charge in [0, 0.05) is 31.5 Å². The predicted octanol–water partition coefficient (Wildman–Crippen LogP) is 8.17. The first kappa shape index (κ1) is 38.8. The Bertz CT molecular complexity index is 1640. The van der Waals surface area contributed by atoms with Crippen LogP contribution in [-0.2, 0) is 16.3 Å². The summed E-state index contributed by atoms with van der Waals surface area (Å²) >= 11 is 0. The van der Waals surface area contributed by atoms with E-state index in [4.69, 9.17) is 10.5 Å². The Labute approximate surface area is 303 Å². The largest absolute Gasteiger partial charge is 0.364 e. The van der Waals surface area contributed by atoms with E-state index in [0.717, 1.165) is 63.1 Å². The summed E-state index contributed by atoms with van der Waals surface area (Å²) < 4.78 is 25.2. The summed E-state index contributed by atoms with van der Waals surface area (Å²) in [6, 6.07) is 4.20. The number of primary amides is 1. The number of nitrogens with one attached hydrogen (secondary N) is 1. The molecule has 2 aliphatic rings. The number of ether oxygens (including phenoxy) is 1. The molecule has 3 N–H and O–H groups in total. The van der Waals surface area contributed by atoms with Crippen LogP contribution < -0.4 is 11.1 Å². The molecule has 280 valence electrons. The normalized spacial score (nSPS) is 17.5. The lowest BCUT2D eigenvalue weighted by Crippen LogP contribution is -2.39. The van der Waals surface area contributed by atoms with E-state index < -0.39 is 25.8 Å². The van der Waals surface area contributed by atoms with Crippen LogP contribution in [0.1, 0.15) is 124 Å². The van der Waals surface area contributed by atoms with Gasteiger partial charge in [0.25, 0.3) is 5.91 Å². The third-order valence-corrected chi connectivity index (χ3v) is 13.0. The van der Waals surface area contributed by atoms with Crippen molar-refractivity contribution >= 4 is 25.7 Å². The number of aromatic nitrogens is 6. The fourth-order valence-electron chi connectivity index (χ4n) is 8.32. The minimum Gasteiger partial charge on any atom is -0.364 e. The lowest BCUT2D eigenvalue weighted by atomic mass is 9.63. The van der Waals surface area contributed by atoms with Gasteiger partial charge in [-0.2, -0.15) is 9.49 Å². The van der Waals surface area contributed by atoms with E-state index in [9.17, 15) is 9.59 Å². The van der Waals surface area contributed by atoms with Crippen molar-refractivity contribution in [2.24, 2.45) is 23.5 Å². The van der Waals surface area contributed by atoms with E-state index in [2.05, 4.69) is 45.4 Å². The number of carbonyl (C=O) groups is 2. The van der Waals surface area contributed by atoms with Gasteiger partial charge >= 0.3 is 0 Å². The van der Waals surface area contributed by atoms with Crippen LogP contribution in [0.2, 0.25) is 25.7 Å². The van der Waals surface area contributed by atoms with Gasteiger partial charge in [-0.1, -0.05) is 96.0 Å². The predicted molar refractivity (Wildman–Crippen MR) is 201 cm³/mol. The van der Waals surface area contributed by atoms with Crippen molar-refractivity contribution < 1.29 is 18.7 Å². The zero-order valence-electron chi connectivity index (χ0n) is 31.8. The maximum absolute atomic E-state index is 15.9. The Morgan fingerprint density at radius 1 is 1.04 bits per heavy atom. The lowest BCUT2D eigenvalue weighted by molar-refractivity contribution is -0.120. The topological polar surface area (TPSA) is 143 Å². The monoisotopic (exact) mass is 722 g/mol. The van der Waals surface area contributed by atoms with Crippen LogP contribution in [0.3, 0.4) is 0 Å². The van der Waals surface area contributed by atoms with Crippen molar-refractivity contribution in [2.45, 2.75) is 143 Å². The first-order valence-corrected chi connectivity index (χ1v) is 22.9. The molecule has 0 aliphatic heterocycles. The van der Waals surface area contributed by atoms with Gasteiger partial charge in [0.05, 0.1) is 17.7 Å². The molecule has 3 aromatic heterocycles. The first-order chi connectivity index (χ1) is 24.3. The summed E-state index contributed by atoms with van der Waals surface area (Å²) in [6.45, 7) is 15.6. The number of amides is 2. The standard InChI is InChI=1S/C38H59FN8O3Si/c1-8-24(2)47-35(37(40)48)34(43-45-47)33(32(27-15-11-9-12-16-27)28-17-13-10-14-18-28)38(49)42-30-20-19-29(36(39)41-30)31-25(3)44-46(26(31)4)23-50-21-22-51(5,6)7/h19-20,24,27-28,32-33H,8-18,21-23H2,1-7H3,(H2,40,48)(H,41,42,49). The van der Waals surface area contributed by atoms with Crippen LogP contribution >= 0.6 is 0 Å². The van der Waals surface area contributed by atoms with E-state index in [1.54, 1.807) is 21.5 Å². The zero-order chi connectivity index (χ0) is 36.9. The van der Waals surface area contributed by atoms with Crippen molar-refractivity contribution in [1.82, 2.24) is 29.8 Å². The molecule has 2 amide bonds. The van der Waals surface area contributed by atoms with Crippen LogP contribution in [0, 0.1) is 37.5 Å². The Kier molecular flexibility index (Phi) is 12.9. The molecule has 0 radical (unpaired) electrons. The van der Waals surface area contributed by atoms with Crippen molar-refractivity contribution in [3.8, 4) is 11.1 Å². The molecule has 2 saturated carbocycles. The molecule has 0 aromatic carbocycles. The fraction of sp³-hybridized carbons (Fsp3) is 0.684. The number of aryl methyl sites for hydroxylation is 1. The van der Waals surface area contributed by atoms with E-state index in [1.165, 1.54) is 12.8 Å². The van der Waals surface area contributed by atoms with Crippen LogP contribution in [-0.4, -0.2) is 56.3 Å². The highest BCUT2D eigenvalue weighted by atomic mass is 28.3. The summed E-state index contributed by atoms with van der Waals surface area (Å²) in [5, 5.41) is 16.5. The number of rotatable bonds is 15. The Balaban J connectivity index is 1.48. The Morgan fingerprint density at radius 2 is 1.67 bits per heavy atom. The lowest BCUT2D eigenvalue weighted by Gasteiger charge is -2.41. The molecule has 2 atom stereocenters. The van der Waals surface area contributed by atoms with Crippen LogP contribution in [0.25, 0.3) is 11.1 Å². The third-order valence-electron chi connectivity index (χ3n) is 11.3. The fourth-order valence-corrected chi connectivity index (χ4v) is 9.08. The van der Waals surface area contributed by atoms with Crippen molar-refractivity contribution in [3.63, 3.8) is 0 Å². The summed E-state index contributed by atoms with van der Waals surface area (Å²) in [6.07, 6.45) is 11.6. The number of nitrogens with two attached hydrogens (primary N) is 1. The number of halogens is 1. The van der Waals surface area contributed by atoms with E-state index in [-0.39, 0.29) is 29.4 Å². The van der Waals surface area contributed by atoms with Gasteiger partial charge in [0.2, 0.25) is 11.9 Å². The van der Waals surface area contributed by atoms with Gasteiger partial charge in [-0.15, -0.1) is 5.10 Å². The van der Waals surface area contributed by atoms with Gasteiger partial charge in [-0.25, -0.2) is 14.3 Å². The smallest absolute Gasteiger partial charge is 0.268 e. The Hall–Kier alpha value is -3.45. The van der Waals surface area contributed by atoms with Gasteiger partial charge in [-0.05, 0) is 63.1 Å². The van der Waals surface area contributed by atoms with Gasteiger partial charge in [0.15, 0.2) is 5.69 Å². The molecule has 2 aliphatic carbocycles. The number of anilines is 1. The molecule has 11 nitrogen and oxygen atoms in total. The van der Waals surface area contributed by atoms with Crippen LogP contribution in [0.15, 0.2) is 12.1 Å². The summed E-state index contributed by atoms with van der Waals surface area (Å²) in [4.78, 5) is 32.0. The first-order valence-electron chi connectivity index (χ1n) is 19.1. The molecule has 2 unspecified atom stereocenters. The van der Waals surface area contributed by atoms with Gasteiger partial charge < -0.3 is 15.8 Å².